The van der Waals surface area contributed by atoms with Crippen LogP contribution >= 0.6 is 0 Å². The van der Waals surface area contributed by atoms with Crippen molar-refractivity contribution in [1.82, 2.24) is 5.32 Å². The van der Waals surface area contributed by atoms with Crippen LogP contribution in [0.1, 0.15) is 24.9 Å². The van der Waals surface area contributed by atoms with E-state index in [1.165, 1.54) is 0 Å². The molecular weight excluding hydrogens is 232 g/mol. The predicted octanol–water partition coefficient (Wildman–Crippen LogP) is 0.984. The Kier molecular flexibility index (Phi) is 4.04. The third-order valence-electron chi connectivity index (χ3n) is 2.85. The van der Waals surface area contributed by atoms with Gasteiger partial charge in [0.2, 0.25) is 5.91 Å². The molecule has 1 heterocycles. The van der Waals surface area contributed by atoms with Gasteiger partial charge in [-0.2, -0.15) is 0 Å². The van der Waals surface area contributed by atoms with Gasteiger partial charge in [-0.25, -0.2) is 0 Å². The second-order valence-corrected chi connectivity index (χ2v) is 4.33. The van der Waals surface area contributed by atoms with E-state index in [0.29, 0.717) is 13.2 Å². The number of fused-ring (bicyclic) bond motifs is 1. The van der Waals surface area contributed by atoms with Crippen molar-refractivity contribution in [2.75, 3.05) is 19.8 Å². The van der Waals surface area contributed by atoms with Crippen LogP contribution in [0.4, 0.5) is 0 Å². The standard InChI is InChI=1S/C13H18N2O3/c1-9(15-8-13(14)16)10-3-4-11-12(7-10)18-6-2-5-17-11/h3-4,7,9,15H,2,5-6,8H2,1H3,(H2,14,16). The molecule has 5 heteroatoms. The van der Waals surface area contributed by atoms with Crippen LogP contribution < -0.4 is 20.5 Å². The molecule has 1 atom stereocenters. The molecule has 0 aliphatic carbocycles. The molecule has 98 valence electrons. The van der Waals surface area contributed by atoms with Crippen molar-refractivity contribution < 1.29 is 14.3 Å². The third-order valence-corrected chi connectivity index (χ3v) is 2.85. The normalized spacial score (nSPS) is 15.8. The SMILES string of the molecule is CC(NCC(N)=O)c1ccc2c(c1)OCCCO2. The van der Waals surface area contributed by atoms with Gasteiger partial charge in [0.05, 0.1) is 19.8 Å². The first kappa shape index (κ1) is 12.7. The molecule has 18 heavy (non-hydrogen) atoms. The Morgan fingerprint density at radius 2 is 2.11 bits per heavy atom. The molecule has 0 spiro atoms. The van der Waals surface area contributed by atoms with E-state index in [-0.39, 0.29) is 18.5 Å². The van der Waals surface area contributed by atoms with Crippen LogP contribution in [0.2, 0.25) is 0 Å². The third kappa shape index (κ3) is 3.13. The molecule has 1 aromatic rings. The predicted molar refractivity (Wildman–Crippen MR) is 67.7 cm³/mol. The number of carbonyl (C=O) groups is 1. The lowest BCUT2D eigenvalue weighted by Gasteiger charge is -2.15. The highest BCUT2D eigenvalue weighted by atomic mass is 16.5. The van der Waals surface area contributed by atoms with Crippen molar-refractivity contribution in [3.63, 3.8) is 0 Å². The largest absolute Gasteiger partial charge is 0.490 e. The van der Waals surface area contributed by atoms with Crippen molar-refractivity contribution in [2.45, 2.75) is 19.4 Å². The molecule has 1 aliphatic heterocycles. The van der Waals surface area contributed by atoms with Crippen LogP contribution in [0.5, 0.6) is 11.5 Å². The maximum Gasteiger partial charge on any atom is 0.231 e. The maximum atomic E-state index is 10.7. The molecular formula is C13H18N2O3. The van der Waals surface area contributed by atoms with Gasteiger partial charge in [-0.1, -0.05) is 6.07 Å². The zero-order chi connectivity index (χ0) is 13.0. The number of amides is 1. The molecule has 0 saturated heterocycles. The molecule has 0 fully saturated rings. The molecule has 0 aromatic heterocycles. The van der Waals surface area contributed by atoms with Gasteiger partial charge in [-0.05, 0) is 24.6 Å². The van der Waals surface area contributed by atoms with Crippen molar-refractivity contribution in [1.29, 1.82) is 0 Å². The lowest BCUT2D eigenvalue weighted by molar-refractivity contribution is -0.117. The topological polar surface area (TPSA) is 73.6 Å². The van der Waals surface area contributed by atoms with Crippen LogP contribution in [0.15, 0.2) is 18.2 Å². The van der Waals surface area contributed by atoms with Crippen molar-refractivity contribution in [2.24, 2.45) is 5.73 Å². The summed E-state index contributed by atoms with van der Waals surface area (Å²) in [5.74, 6) is 1.17. The first-order valence-electron chi connectivity index (χ1n) is 6.08. The van der Waals surface area contributed by atoms with Crippen molar-refractivity contribution in [3.8, 4) is 11.5 Å². The van der Waals surface area contributed by atoms with E-state index >= 15 is 0 Å². The van der Waals surface area contributed by atoms with Crippen LogP contribution in [0.3, 0.4) is 0 Å². The van der Waals surface area contributed by atoms with E-state index in [4.69, 9.17) is 15.2 Å². The van der Waals surface area contributed by atoms with Crippen molar-refractivity contribution in [3.05, 3.63) is 23.8 Å². The van der Waals surface area contributed by atoms with Gasteiger partial charge < -0.3 is 20.5 Å². The first-order valence-corrected chi connectivity index (χ1v) is 6.08. The van der Waals surface area contributed by atoms with Gasteiger partial charge in [0.1, 0.15) is 0 Å². The number of hydrogen-bond acceptors (Lipinski definition) is 4. The highest BCUT2D eigenvalue weighted by molar-refractivity contribution is 5.75. The Bertz CT molecular complexity index is 434. The number of primary amides is 1. The van der Waals surface area contributed by atoms with E-state index in [1.54, 1.807) is 0 Å². The molecule has 1 aromatic carbocycles. The number of benzene rings is 1. The van der Waals surface area contributed by atoms with Gasteiger partial charge in [0.25, 0.3) is 0 Å². The second kappa shape index (κ2) is 5.73. The molecule has 2 rings (SSSR count). The number of ether oxygens (including phenoxy) is 2. The quantitative estimate of drug-likeness (QED) is 0.835. The van der Waals surface area contributed by atoms with Crippen LogP contribution in [0.25, 0.3) is 0 Å². The number of rotatable bonds is 4. The van der Waals surface area contributed by atoms with Gasteiger partial charge in [0.15, 0.2) is 11.5 Å². The molecule has 0 bridgehead atoms. The Balaban J connectivity index is 2.09. The fraction of sp³-hybridized carbons (Fsp3) is 0.462. The molecule has 0 saturated carbocycles. The van der Waals surface area contributed by atoms with E-state index in [9.17, 15) is 4.79 Å². The molecule has 5 nitrogen and oxygen atoms in total. The minimum atomic E-state index is -0.365. The fourth-order valence-electron chi connectivity index (χ4n) is 1.82. The number of carbonyl (C=O) groups excluding carboxylic acids is 1. The second-order valence-electron chi connectivity index (χ2n) is 4.33. The lowest BCUT2D eigenvalue weighted by Crippen LogP contribution is -2.30. The summed E-state index contributed by atoms with van der Waals surface area (Å²) in [7, 11) is 0. The van der Waals surface area contributed by atoms with Crippen molar-refractivity contribution >= 4 is 5.91 Å². The number of nitrogens with one attached hydrogen (secondary N) is 1. The Morgan fingerprint density at radius 3 is 2.83 bits per heavy atom. The summed E-state index contributed by atoms with van der Waals surface area (Å²) in [6.07, 6.45) is 0.888. The maximum absolute atomic E-state index is 10.7. The van der Waals surface area contributed by atoms with E-state index in [1.807, 2.05) is 25.1 Å². The molecule has 1 unspecified atom stereocenters. The van der Waals surface area contributed by atoms with E-state index < -0.39 is 0 Å². The molecule has 1 aliphatic rings. The number of hydrogen-bond donors (Lipinski definition) is 2. The highest BCUT2D eigenvalue weighted by Gasteiger charge is 2.13. The summed E-state index contributed by atoms with van der Waals surface area (Å²) in [6.45, 7) is 3.49. The minimum Gasteiger partial charge on any atom is -0.490 e. The smallest absolute Gasteiger partial charge is 0.231 e. The van der Waals surface area contributed by atoms with E-state index in [2.05, 4.69) is 5.32 Å². The summed E-state index contributed by atoms with van der Waals surface area (Å²) >= 11 is 0. The highest BCUT2D eigenvalue weighted by Crippen LogP contribution is 2.32. The molecule has 1 amide bonds. The summed E-state index contributed by atoms with van der Waals surface area (Å²) in [5, 5.41) is 3.05. The van der Waals surface area contributed by atoms with Crippen LogP contribution in [-0.2, 0) is 4.79 Å². The average Bonchev–Trinajstić information content (AvgIpc) is 2.60. The Hall–Kier alpha value is -1.75. The molecule has 0 radical (unpaired) electrons. The van der Waals surface area contributed by atoms with Gasteiger partial charge in [0, 0.05) is 12.5 Å². The van der Waals surface area contributed by atoms with Gasteiger partial charge >= 0.3 is 0 Å². The zero-order valence-corrected chi connectivity index (χ0v) is 10.4. The zero-order valence-electron chi connectivity index (χ0n) is 10.4. The summed E-state index contributed by atoms with van der Waals surface area (Å²) in [6, 6.07) is 5.85. The fourth-order valence-corrected chi connectivity index (χ4v) is 1.82. The average molecular weight is 250 g/mol. The Morgan fingerprint density at radius 1 is 1.39 bits per heavy atom. The van der Waals surface area contributed by atoms with E-state index in [0.717, 1.165) is 23.5 Å². The minimum absolute atomic E-state index is 0.0367. The Labute approximate surface area is 106 Å². The van der Waals surface area contributed by atoms with Gasteiger partial charge in [-0.15, -0.1) is 0 Å². The first-order chi connectivity index (χ1) is 8.66. The lowest BCUT2D eigenvalue weighted by atomic mass is 10.1. The molecule has 3 N–H and O–H groups in total. The number of nitrogens with two attached hydrogens (primary N) is 1. The van der Waals surface area contributed by atoms with Crippen LogP contribution in [-0.4, -0.2) is 25.7 Å². The van der Waals surface area contributed by atoms with Crippen LogP contribution in [0, 0.1) is 0 Å². The monoisotopic (exact) mass is 250 g/mol. The summed E-state index contributed by atoms with van der Waals surface area (Å²) in [5.41, 5.74) is 6.15. The summed E-state index contributed by atoms with van der Waals surface area (Å²) in [4.78, 5) is 10.7. The van der Waals surface area contributed by atoms with Gasteiger partial charge in [-0.3, -0.25) is 4.79 Å². The summed E-state index contributed by atoms with van der Waals surface area (Å²) < 4.78 is 11.2.